The molecule has 2 aromatic rings. The van der Waals surface area contributed by atoms with E-state index in [0.717, 1.165) is 49.7 Å². The number of hydrogen-bond acceptors (Lipinski definition) is 3. The molecular weight excluding hydrogens is 618 g/mol. The molecule has 2 unspecified atom stereocenters. The zero-order chi connectivity index (χ0) is 35.9. The summed E-state index contributed by atoms with van der Waals surface area (Å²) in [5.41, 5.74) is 7.72. The van der Waals surface area contributed by atoms with E-state index in [0.29, 0.717) is 11.3 Å². The van der Waals surface area contributed by atoms with Crippen molar-refractivity contribution in [3.05, 3.63) is 125 Å². The van der Waals surface area contributed by atoms with Crippen LogP contribution < -0.4 is 5.14 Å². The molecule has 48 heavy (non-hydrogen) atoms. The van der Waals surface area contributed by atoms with Crippen molar-refractivity contribution in [2.45, 2.75) is 111 Å². The Morgan fingerprint density at radius 2 is 1.71 bits per heavy atom. The molecule has 262 valence electrons. The highest BCUT2D eigenvalue weighted by atomic mass is 32.2. The number of fused-ring (bicyclic) bond motifs is 1. The van der Waals surface area contributed by atoms with E-state index in [-0.39, 0.29) is 11.8 Å². The first-order valence-corrected chi connectivity index (χ1v) is 18.4. The monoisotopic (exact) mass is 675 g/mol. The van der Waals surface area contributed by atoms with Gasteiger partial charge >= 0.3 is 0 Å². The number of nitrogens with zero attached hydrogens (tertiary/aromatic N) is 2. The number of rotatable bonds is 10. The van der Waals surface area contributed by atoms with E-state index in [1.54, 1.807) is 0 Å². The molecule has 1 saturated carbocycles. The third-order valence-corrected chi connectivity index (χ3v) is 8.53. The van der Waals surface area contributed by atoms with Crippen molar-refractivity contribution >= 4 is 22.6 Å². The number of amides is 1. The fraction of sp³-hybridized carbons (Fsp3) is 0.415. The molecule has 1 fully saturated rings. The standard InChI is InChI=1S/C28H37NO.C6H6FNOS.C5H9N.C2H6/c1-4-22(2)12-11-19-29(28(30)20-23(3)24-13-6-5-7-14-24)27-18-10-17-25-15-8-9-16-26(25)21-27;7-5-2-1-3-6(4-5)10(8)9;1-4-6-5(2)3;1-2/h5-7,12-14,17-18,21,23H,4,8-11,15-16,19-20H2,1-3H3;1-4H,8H2;4H,1H2,2-3H3;1-2H3. The fourth-order valence-corrected chi connectivity index (χ4v) is 5.57. The maximum atomic E-state index is 13.5. The van der Waals surface area contributed by atoms with Gasteiger partial charge < -0.3 is 4.90 Å². The molecule has 0 heterocycles. The first-order valence-electron chi connectivity index (χ1n) is 17.2. The van der Waals surface area contributed by atoms with E-state index in [1.807, 2.05) is 33.8 Å². The molecule has 2 N–H and O–H groups in total. The molecule has 0 aliphatic heterocycles. The smallest absolute Gasteiger partial charge is 0.227 e. The highest BCUT2D eigenvalue weighted by Gasteiger charge is 2.22. The molecule has 7 heteroatoms. The molecule has 0 bridgehead atoms. The van der Waals surface area contributed by atoms with Crippen molar-refractivity contribution < 1.29 is 13.4 Å². The van der Waals surface area contributed by atoms with Gasteiger partial charge in [-0.15, -0.1) is 0 Å². The molecule has 0 spiro atoms. The summed E-state index contributed by atoms with van der Waals surface area (Å²) >= 11 is 0. The summed E-state index contributed by atoms with van der Waals surface area (Å²) in [4.78, 5) is 19.6. The Morgan fingerprint density at radius 1 is 1.04 bits per heavy atom. The second-order valence-corrected chi connectivity index (χ2v) is 12.8. The second kappa shape index (κ2) is 24.5. The van der Waals surface area contributed by atoms with Crippen LogP contribution in [0.5, 0.6) is 0 Å². The van der Waals surface area contributed by atoms with Crippen LogP contribution >= 0.6 is 0 Å². The van der Waals surface area contributed by atoms with Crippen molar-refractivity contribution in [1.29, 1.82) is 0 Å². The molecule has 0 radical (unpaired) electrons. The van der Waals surface area contributed by atoms with Crippen LogP contribution in [0, 0.1) is 5.82 Å². The highest BCUT2D eigenvalue weighted by molar-refractivity contribution is 7.82. The normalized spacial score (nSPS) is 14.9. The lowest BCUT2D eigenvalue weighted by atomic mass is 9.89. The summed E-state index contributed by atoms with van der Waals surface area (Å²) in [5.74, 6) is 0.0316. The Hall–Kier alpha value is -3.68. The summed E-state index contributed by atoms with van der Waals surface area (Å²) in [6, 6.07) is 15.8. The van der Waals surface area contributed by atoms with Crippen molar-refractivity contribution in [2.24, 2.45) is 10.1 Å². The van der Waals surface area contributed by atoms with Crippen molar-refractivity contribution in [1.82, 2.24) is 4.90 Å². The van der Waals surface area contributed by atoms with Crippen LogP contribution in [0.25, 0.3) is 0 Å². The predicted molar refractivity (Wildman–Crippen MR) is 205 cm³/mol. The zero-order valence-corrected chi connectivity index (χ0v) is 31.1. The molecule has 2 atom stereocenters. The number of aliphatic imine (C=N–C) groups is 1. The largest absolute Gasteiger partial charge is 0.312 e. The molecule has 1 amide bonds. The first-order chi connectivity index (χ1) is 23.0. The van der Waals surface area contributed by atoms with Gasteiger partial charge in [0.25, 0.3) is 0 Å². The van der Waals surface area contributed by atoms with Crippen LogP contribution in [0.1, 0.15) is 111 Å². The van der Waals surface area contributed by atoms with E-state index in [4.69, 9.17) is 5.14 Å². The average molecular weight is 676 g/mol. The minimum atomic E-state index is -1.58. The quantitative estimate of drug-likeness (QED) is 0.201. The van der Waals surface area contributed by atoms with Crippen molar-refractivity contribution in [2.75, 3.05) is 6.54 Å². The van der Waals surface area contributed by atoms with Crippen molar-refractivity contribution in [3.8, 4) is 0 Å². The summed E-state index contributed by atoms with van der Waals surface area (Å²) in [5, 5.41) is 4.99. The fourth-order valence-electron chi connectivity index (χ4n) is 5.13. The molecular formula is C41H58FN3O2S. The molecule has 4 rings (SSSR count). The molecule has 2 aliphatic rings. The van der Waals surface area contributed by atoms with Crippen LogP contribution in [0.3, 0.4) is 0 Å². The number of hydrogen-bond donors (Lipinski definition) is 1. The number of allylic oxidation sites excluding steroid dienone is 6. The summed E-state index contributed by atoms with van der Waals surface area (Å²) in [7, 11) is -1.58. The van der Waals surface area contributed by atoms with Gasteiger partial charge in [-0.2, -0.15) is 0 Å². The molecule has 5 nitrogen and oxygen atoms in total. The summed E-state index contributed by atoms with van der Waals surface area (Å²) in [6.07, 6.45) is 19.1. The Balaban J connectivity index is 0.000000524. The Kier molecular flexibility index (Phi) is 21.6. The van der Waals surface area contributed by atoms with E-state index >= 15 is 0 Å². The van der Waals surface area contributed by atoms with E-state index in [9.17, 15) is 13.4 Å². The number of carbonyl (C=O) groups excluding carboxylic acids is 1. The maximum absolute atomic E-state index is 13.5. The summed E-state index contributed by atoms with van der Waals surface area (Å²) in [6.45, 7) is 18.6. The van der Waals surface area contributed by atoms with Gasteiger partial charge in [0.2, 0.25) is 5.91 Å². The van der Waals surface area contributed by atoms with Crippen LogP contribution in [0.15, 0.2) is 124 Å². The van der Waals surface area contributed by atoms with Crippen LogP contribution in [0.4, 0.5) is 4.39 Å². The van der Waals surface area contributed by atoms with Gasteiger partial charge in [0.05, 0.1) is 4.90 Å². The van der Waals surface area contributed by atoms with E-state index in [1.165, 1.54) is 65.9 Å². The number of benzene rings is 2. The van der Waals surface area contributed by atoms with Crippen molar-refractivity contribution in [3.63, 3.8) is 0 Å². The van der Waals surface area contributed by atoms with Gasteiger partial charge in [-0.1, -0.05) is 94.5 Å². The number of nitrogens with two attached hydrogens (primary N) is 1. The third-order valence-electron chi connectivity index (χ3n) is 7.81. The van der Waals surface area contributed by atoms with Gasteiger partial charge in [0.1, 0.15) is 16.8 Å². The molecule has 2 aromatic carbocycles. The Labute approximate surface area is 292 Å². The Morgan fingerprint density at radius 3 is 2.25 bits per heavy atom. The number of carbonyl (C=O) groups is 1. The summed E-state index contributed by atoms with van der Waals surface area (Å²) < 4.78 is 22.9. The van der Waals surface area contributed by atoms with Crippen LogP contribution in [0.2, 0.25) is 0 Å². The van der Waals surface area contributed by atoms with Gasteiger partial charge in [-0.05, 0) is 113 Å². The Bertz CT molecular complexity index is 1450. The maximum Gasteiger partial charge on any atom is 0.227 e. The lowest BCUT2D eigenvalue weighted by Crippen LogP contribution is -2.31. The zero-order valence-electron chi connectivity index (χ0n) is 30.3. The average Bonchev–Trinajstić information content (AvgIpc) is 3.30. The SMILES string of the molecule is C=CN=C(C)C.CC.CCC(C)=CCCN(C(=O)CC(C)c1ccccc1)C1=CCC=C2CCCCC2=C1.NS(=O)c1cccc(F)c1. The molecule has 0 aromatic heterocycles. The van der Waals surface area contributed by atoms with Gasteiger partial charge in [-0.25, -0.2) is 13.7 Å². The van der Waals surface area contributed by atoms with Gasteiger partial charge in [-0.3, -0.25) is 9.79 Å². The minimum Gasteiger partial charge on any atom is -0.312 e. The van der Waals surface area contributed by atoms with E-state index < -0.39 is 16.8 Å². The lowest BCUT2D eigenvalue weighted by molar-refractivity contribution is -0.129. The third kappa shape index (κ3) is 16.4. The van der Waals surface area contributed by atoms with Crippen LogP contribution in [-0.4, -0.2) is 27.3 Å². The predicted octanol–water partition coefficient (Wildman–Crippen LogP) is 10.9. The van der Waals surface area contributed by atoms with Gasteiger partial charge in [0.15, 0.2) is 0 Å². The first kappa shape index (κ1) is 42.3. The van der Waals surface area contributed by atoms with E-state index in [2.05, 4.69) is 85.8 Å². The number of halogens is 1. The van der Waals surface area contributed by atoms with Gasteiger partial charge in [0, 0.05) is 30.6 Å². The molecule has 2 aliphatic carbocycles. The highest BCUT2D eigenvalue weighted by Crippen LogP contribution is 2.33. The lowest BCUT2D eigenvalue weighted by Gasteiger charge is -2.26. The minimum absolute atomic E-state index is 0.219. The molecule has 0 saturated heterocycles. The second-order valence-electron chi connectivity index (χ2n) is 11.7. The topological polar surface area (TPSA) is 75.8 Å². The van der Waals surface area contributed by atoms with Crippen LogP contribution in [-0.2, 0) is 15.8 Å².